The summed E-state index contributed by atoms with van der Waals surface area (Å²) in [6.07, 6.45) is 2.12. The molecule has 0 atom stereocenters. The van der Waals surface area contributed by atoms with Gasteiger partial charge in [-0.15, -0.1) is 0 Å². The SMILES string of the molecule is O=C(Cc1cc(F)ccc1F)N1CCc2cccc(-c3[c]c[nH]n3)c21. The van der Waals surface area contributed by atoms with Gasteiger partial charge in [-0.25, -0.2) is 8.78 Å². The highest BCUT2D eigenvalue weighted by Gasteiger charge is 2.28. The number of rotatable bonds is 3. The Morgan fingerprint density at radius 1 is 1.28 bits per heavy atom. The summed E-state index contributed by atoms with van der Waals surface area (Å²) in [5.41, 5.74) is 3.27. The third-order valence-corrected chi connectivity index (χ3v) is 4.35. The van der Waals surface area contributed by atoms with Gasteiger partial charge in [-0.1, -0.05) is 18.2 Å². The lowest BCUT2D eigenvalue weighted by Gasteiger charge is -2.20. The van der Waals surface area contributed by atoms with Crippen LogP contribution < -0.4 is 4.90 Å². The smallest absolute Gasteiger partial charge is 0.231 e. The molecule has 0 fully saturated rings. The number of amides is 1. The summed E-state index contributed by atoms with van der Waals surface area (Å²) < 4.78 is 27.2. The van der Waals surface area contributed by atoms with Gasteiger partial charge in [0.25, 0.3) is 0 Å². The van der Waals surface area contributed by atoms with Crippen LogP contribution in [0.4, 0.5) is 14.5 Å². The minimum Gasteiger partial charge on any atom is -0.311 e. The van der Waals surface area contributed by atoms with Gasteiger partial charge < -0.3 is 4.90 Å². The predicted octanol–water partition coefficient (Wildman–Crippen LogP) is 3.29. The van der Waals surface area contributed by atoms with Crippen molar-refractivity contribution in [3.05, 3.63) is 71.4 Å². The zero-order chi connectivity index (χ0) is 17.4. The van der Waals surface area contributed by atoms with E-state index < -0.39 is 11.6 Å². The zero-order valence-corrected chi connectivity index (χ0v) is 13.2. The number of carbonyl (C=O) groups excluding carboxylic acids is 1. The number of fused-ring (bicyclic) bond motifs is 1. The third kappa shape index (κ3) is 2.80. The average Bonchev–Trinajstić information content (AvgIpc) is 3.27. The van der Waals surface area contributed by atoms with E-state index in [1.54, 1.807) is 11.1 Å². The highest BCUT2D eigenvalue weighted by molar-refractivity contribution is 6.00. The van der Waals surface area contributed by atoms with Crippen LogP contribution in [-0.4, -0.2) is 22.6 Å². The first-order valence-corrected chi connectivity index (χ1v) is 7.91. The number of nitrogens with zero attached hydrogens (tertiary/aromatic N) is 2. The second-order valence-electron chi connectivity index (χ2n) is 5.90. The number of aromatic nitrogens is 2. The van der Waals surface area contributed by atoms with E-state index in [-0.39, 0.29) is 17.9 Å². The van der Waals surface area contributed by atoms with Gasteiger partial charge in [0.15, 0.2) is 0 Å². The molecule has 1 aliphatic heterocycles. The third-order valence-electron chi connectivity index (χ3n) is 4.35. The summed E-state index contributed by atoms with van der Waals surface area (Å²) in [6.45, 7) is 0.506. The summed E-state index contributed by atoms with van der Waals surface area (Å²) in [7, 11) is 0. The molecular formula is C19H14F2N3O. The van der Waals surface area contributed by atoms with Gasteiger partial charge in [0.1, 0.15) is 17.3 Å². The topological polar surface area (TPSA) is 49.0 Å². The van der Waals surface area contributed by atoms with Gasteiger partial charge in [-0.05, 0) is 30.2 Å². The number of hydrogen-bond acceptors (Lipinski definition) is 2. The second kappa shape index (κ2) is 6.12. The van der Waals surface area contributed by atoms with Crippen molar-refractivity contribution in [1.29, 1.82) is 0 Å². The van der Waals surface area contributed by atoms with Crippen molar-refractivity contribution in [3.63, 3.8) is 0 Å². The number of benzene rings is 2. The standard InChI is InChI=1S/C19H14F2N3O/c20-14-4-5-16(21)13(10-14)11-18(25)24-9-7-12-2-1-3-15(19(12)24)17-6-8-22-23-17/h1-5,8,10H,7,9,11H2,(H,22,23). The van der Waals surface area contributed by atoms with Gasteiger partial charge in [0.05, 0.1) is 12.1 Å². The molecule has 4 rings (SSSR count). The van der Waals surface area contributed by atoms with E-state index in [1.807, 2.05) is 18.2 Å². The molecular weight excluding hydrogens is 324 g/mol. The van der Waals surface area contributed by atoms with Crippen molar-refractivity contribution in [2.75, 3.05) is 11.4 Å². The summed E-state index contributed by atoms with van der Waals surface area (Å²) in [5.74, 6) is -1.41. The number of anilines is 1. The average molecular weight is 338 g/mol. The largest absolute Gasteiger partial charge is 0.311 e. The lowest BCUT2D eigenvalue weighted by atomic mass is 10.0. The number of carbonyl (C=O) groups is 1. The molecule has 0 saturated carbocycles. The normalized spacial score (nSPS) is 13.1. The van der Waals surface area contributed by atoms with E-state index in [1.165, 1.54) is 0 Å². The minimum absolute atomic E-state index is 0.0577. The van der Waals surface area contributed by atoms with Gasteiger partial charge in [0.2, 0.25) is 5.91 Å². The van der Waals surface area contributed by atoms with Crippen molar-refractivity contribution < 1.29 is 13.6 Å². The summed E-state index contributed by atoms with van der Waals surface area (Å²) in [6, 6.07) is 11.9. The Morgan fingerprint density at radius 2 is 2.16 bits per heavy atom. The van der Waals surface area contributed by atoms with Crippen LogP contribution in [0.25, 0.3) is 11.3 Å². The lowest BCUT2D eigenvalue weighted by Crippen LogP contribution is -2.31. The Kier molecular flexibility index (Phi) is 3.80. The Labute approximate surface area is 143 Å². The molecule has 0 spiro atoms. The zero-order valence-electron chi connectivity index (χ0n) is 13.2. The summed E-state index contributed by atoms with van der Waals surface area (Å²) >= 11 is 0. The maximum Gasteiger partial charge on any atom is 0.231 e. The van der Waals surface area contributed by atoms with Crippen LogP contribution in [0.1, 0.15) is 11.1 Å². The predicted molar refractivity (Wildman–Crippen MR) is 89.0 cm³/mol. The Hall–Kier alpha value is -3.02. The number of H-pyrrole nitrogens is 1. The van der Waals surface area contributed by atoms with Gasteiger partial charge in [-0.3, -0.25) is 9.89 Å². The van der Waals surface area contributed by atoms with Crippen molar-refractivity contribution in [2.24, 2.45) is 0 Å². The van der Waals surface area contributed by atoms with Crippen LogP contribution in [0, 0.1) is 17.7 Å². The van der Waals surface area contributed by atoms with E-state index >= 15 is 0 Å². The van der Waals surface area contributed by atoms with Crippen molar-refractivity contribution in [3.8, 4) is 11.3 Å². The molecule has 6 heteroatoms. The number of hydrogen-bond donors (Lipinski definition) is 1. The molecule has 1 aliphatic rings. The van der Waals surface area contributed by atoms with Crippen LogP contribution in [0.2, 0.25) is 0 Å². The van der Waals surface area contributed by atoms with Crippen molar-refractivity contribution >= 4 is 11.6 Å². The number of aromatic amines is 1. The quantitative estimate of drug-likeness (QED) is 0.797. The van der Waals surface area contributed by atoms with E-state index in [0.29, 0.717) is 18.7 Å². The molecule has 1 amide bonds. The Bertz CT molecular complexity index is 938. The van der Waals surface area contributed by atoms with Crippen LogP contribution in [0.3, 0.4) is 0 Å². The summed E-state index contributed by atoms with van der Waals surface area (Å²) in [4.78, 5) is 14.4. The fraction of sp³-hybridized carbons (Fsp3) is 0.158. The van der Waals surface area contributed by atoms with Gasteiger partial charge in [-0.2, -0.15) is 5.10 Å². The molecule has 125 valence electrons. The van der Waals surface area contributed by atoms with Crippen LogP contribution in [0.5, 0.6) is 0 Å². The highest BCUT2D eigenvalue weighted by atomic mass is 19.1. The van der Waals surface area contributed by atoms with E-state index in [9.17, 15) is 13.6 Å². The molecule has 0 saturated heterocycles. The fourth-order valence-corrected chi connectivity index (χ4v) is 3.20. The maximum absolute atomic E-state index is 13.9. The second-order valence-corrected chi connectivity index (χ2v) is 5.90. The van der Waals surface area contributed by atoms with Crippen molar-refractivity contribution in [2.45, 2.75) is 12.8 Å². The van der Waals surface area contributed by atoms with E-state index in [0.717, 1.165) is 35.0 Å². The Morgan fingerprint density at radius 3 is 2.96 bits per heavy atom. The molecule has 25 heavy (non-hydrogen) atoms. The molecule has 1 N–H and O–H groups in total. The van der Waals surface area contributed by atoms with E-state index in [2.05, 4.69) is 16.3 Å². The lowest BCUT2D eigenvalue weighted by molar-refractivity contribution is -0.117. The molecule has 1 aromatic heterocycles. The Balaban J connectivity index is 1.68. The highest BCUT2D eigenvalue weighted by Crippen LogP contribution is 2.37. The number of para-hydroxylation sites is 1. The number of nitrogens with one attached hydrogen (secondary N) is 1. The minimum atomic E-state index is -0.580. The van der Waals surface area contributed by atoms with Crippen molar-refractivity contribution in [1.82, 2.24) is 10.2 Å². The number of halogens is 2. The molecule has 0 unspecified atom stereocenters. The summed E-state index contributed by atoms with van der Waals surface area (Å²) in [5, 5.41) is 6.86. The maximum atomic E-state index is 13.9. The fourth-order valence-electron chi connectivity index (χ4n) is 3.20. The van der Waals surface area contributed by atoms with Crippen LogP contribution in [-0.2, 0) is 17.6 Å². The van der Waals surface area contributed by atoms with E-state index in [4.69, 9.17) is 0 Å². The molecule has 0 bridgehead atoms. The molecule has 2 heterocycles. The molecule has 2 aromatic carbocycles. The van der Waals surface area contributed by atoms with Gasteiger partial charge in [0, 0.05) is 29.9 Å². The molecule has 3 aromatic rings. The molecule has 0 aliphatic carbocycles. The molecule has 4 nitrogen and oxygen atoms in total. The van der Waals surface area contributed by atoms with Crippen LogP contribution in [0.15, 0.2) is 42.6 Å². The monoisotopic (exact) mass is 338 g/mol. The first-order valence-electron chi connectivity index (χ1n) is 7.91. The van der Waals surface area contributed by atoms with Crippen LogP contribution >= 0.6 is 0 Å². The molecule has 1 radical (unpaired) electrons. The first-order chi connectivity index (χ1) is 12.1. The first kappa shape index (κ1) is 15.5. The van der Waals surface area contributed by atoms with Gasteiger partial charge >= 0.3 is 0 Å².